The molecule has 0 aliphatic heterocycles. The van der Waals surface area contributed by atoms with E-state index in [1.807, 2.05) is 122 Å². The van der Waals surface area contributed by atoms with Crippen LogP contribution < -0.4 is 18.3 Å². The van der Waals surface area contributed by atoms with Crippen LogP contribution in [0.3, 0.4) is 0 Å². The summed E-state index contributed by atoms with van der Waals surface area (Å²) in [5.74, 6) is 0.509. The summed E-state index contributed by atoms with van der Waals surface area (Å²) in [6, 6.07) is 77.8. The summed E-state index contributed by atoms with van der Waals surface area (Å²) in [7, 11) is 8.09. The topological polar surface area (TPSA) is 121 Å². The highest BCUT2D eigenvalue weighted by Crippen LogP contribution is 2.47. The largest absolute Gasteiger partial charge is 0.425 e. The molecular weight excluding hydrogens is 1310 g/mol. The molecule has 21 aromatic rings. The van der Waals surface area contributed by atoms with Gasteiger partial charge in [0.2, 0.25) is 22.8 Å². The van der Waals surface area contributed by atoms with E-state index in [4.69, 9.17) is 40.8 Å². The number of hydrogen-bond donors (Lipinski definition) is 0. The van der Waals surface area contributed by atoms with Crippen molar-refractivity contribution in [1.82, 2.24) is 0 Å². The Kier molecular flexibility index (Phi) is 14.7. The third kappa shape index (κ3) is 10.8. The van der Waals surface area contributed by atoms with Gasteiger partial charge in [0.15, 0.2) is 47.1 Å². The van der Waals surface area contributed by atoms with Crippen LogP contribution in [0.25, 0.3) is 189 Å². The summed E-state index contributed by atoms with van der Waals surface area (Å²) in [6.07, 6.45) is 8.05. The lowest BCUT2D eigenvalue weighted by atomic mass is 9.97. The average Bonchev–Trinajstić information content (AvgIpc) is 1.58. The van der Waals surface area contributed by atoms with Crippen LogP contribution in [-0.4, -0.2) is 0 Å². The molecular formula is C94H76N4O8+4. The fraction of sp³-hybridized carbons (Fsp3) is 0.128. The van der Waals surface area contributed by atoms with Crippen LogP contribution in [-0.2, 0) is 28.2 Å². The second-order valence-electron chi connectivity index (χ2n) is 27.7. The molecule has 0 saturated carbocycles. The maximum atomic E-state index is 8.51. The monoisotopic (exact) mass is 1390 g/mol. The number of rotatable bonds is 6. The maximum Gasteiger partial charge on any atom is 0.299 e. The SMILES string of the molecule is Cc1cc[n+](C)c(-c2c(C)ccc3c2oc2oc4ccccc4c23)c1.Cc1ccc2c(oc3oc4ccccc4c32)c1-c1cc(-c2ccccc2)cc[n+]1C.Cc1ccc2c(oc3oc4ccccc4c32)c1-c1cccc[n+]1C.[2H]C([2H])([2H])C([2H])(C)c1cc[n+](C)c(-c2c(C)ccc3c2oc2oc4ccccc4c23)c1. The van der Waals surface area contributed by atoms with E-state index in [2.05, 4.69) is 196 Å². The van der Waals surface area contributed by atoms with Crippen LogP contribution in [0.5, 0.6) is 0 Å². The summed E-state index contributed by atoms with van der Waals surface area (Å²) in [5, 5.41) is 12.6. The lowest BCUT2D eigenvalue weighted by Gasteiger charge is -2.09. The van der Waals surface area contributed by atoms with E-state index in [9.17, 15) is 0 Å². The molecule has 9 aromatic carbocycles. The molecule has 0 N–H and O–H groups in total. The van der Waals surface area contributed by atoms with Gasteiger partial charge in [0, 0.05) is 97.1 Å². The molecule has 12 aromatic heterocycles. The Morgan fingerprint density at radius 1 is 0.292 bits per heavy atom. The van der Waals surface area contributed by atoms with E-state index in [0.29, 0.717) is 34.3 Å². The standard InChI is InChI=1S/C27H20NO2.C24H22NO2.C22H18NO2.C21H16NO2/c1-17-12-13-21-25-20-10-6-7-11-23(20)29-27(25)30-26(21)24(17)22-16-19(14-15-28(22)2)18-8-4-3-5-9-18;1-14(2)16-11-12-25(4)19(13-16)21-15(3)9-10-18-22-17-7-5-6-8-20(17)26-24(22)27-23(18)21;1-13-10-11-23(3)17(12-13)19-14(2)8-9-16-20-15-6-4-5-7-18(15)24-22(20)25-21(16)19;1-13-10-11-15-19-14-7-3-4-9-17(14)23-21(19)24-20(15)18(13)16-8-5-6-12-22(16)2/h3-16H,1-2H3;5-14H,1-4H3;4-12H,1-3H3;3-12H,1-2H3/q4*+1/i;1D3,14D;;. The number of benzene rings is 9. The summed E-state index contributed by atoms with van der Waals surface area (Å²) in [6.45, 7) is 9.46. The Balaban J connectivity index is 0.000000103. The number of aromatic nitrogens is 4. The van der Waals surface area contributed by atoms with Crippen molar-refractivity contribution in [3.05, 3.63) is 289 Å². The number of nitrogens with zero attached hydrogens (tertiary/aromatic N) is 4. The summed E-state index contributed by atoms with van der Waals surface area (Å²) in [5.41, 5.74) is 23.6. The van der Waals surface area contributed by atoms with Crippen molar-refractivity contribution in [3.8, 4) is 56.2 Å². The molecule has 0 saturated heterocycles. The molecule has 0 fully saturated rings. The molecule has 12 nitrogen and oxygen atoms in total. The quantitative estimate of drug-likeness (QED) is 0.151. The third-order valence-electron chi connectivity index (χ3n) is 20.8. The van der Waals surface area contributed by atoms with Crippen LogP contribution in [0.15, 0.2) is 291 Å². The van der Waals surface area contributed by atoms with Crippen molar-refractivity contribution < 1.29 is 59.1 Å². The predicted molar refractivity (Wildman–Crippen MR) is 424 cm³/mol. The highest BCUT2D eigenvalue weighted by molar-refractivity contribution is 6.23. The molecule has 1 unspecified atom stereocenters. The van der Waals surface area contributed by atoms with E-state index < -0.39 is 12.7 Å². The van der Waals surface area contributed by atoms with Crippen LogP contribution in [0, 0.1) is 34.6 Å². The number of fused-ring (bicyclic) bond motifs is 20. The molecule has 516 valence electrons. The first-order valence-corrected chi connectivity index (χ1v) is 35.5. The molecule has 12 heterocycles. The zero-order valence-corrected chi connectivity index (χ0v) is 60.3. The van der Waals surface area contributed by atoms with Gasteiger partial charge in [-0.15, -0.1) is 0 Å². The molecule has 0 aliphatic rings. The van der Waals surface area contributed by atoms with Gasteiger partial charge in [-0.1, -0.05) is 165 Å². The van der Waals surface area contributed by atoms with Crippen molar-refractivity contribution in [3.63, 3.8) is 0 Å². The molecule has 0 aliphatic carbocycles. The smallest absolute Gasteiger partial charge is 0.299 e. The Morgan fingerprint density at radius 2 is 0.632 bits per heavy atom. The average molecular weight is 1390 g/mol. The van der Waals surface area contributed by atoms with Gasteiger partial charge in [0.1, 0.15) is 50.5 Å². The van der Waals surface area contributed by atoms with Crippen molar-refractivity contribution in [2.24, 2.45) is 28.2 Å². The minimum absolute atomic E-state index is 0.428. The van der Waals surface area contributed by atoms with E-state index in [0.717, 1.165) is 154 Å². The van der Waals surface area contributed by atoms with Crippen LogP contribution in [0.4, 0.5) is 0 Å². The molecule has 106 heavy (non-hydrogen) atoms. The van der Waals surface area contributed by atoms with E-state index in [1.54, 1.807) is 18.3 Å². The number of furan rings is 8. The second kappa shape index (κ2) is 25.7. The Morgan fingerprint density at radius 3 is 1.04 bits per heavy atom. The minimum atomic E-state index is -2.45. The molecule has 12 heteroatoms. The van der Waals surface area contributed by atoms with Gasteiger partial charge in [0.25, 0.3) is 23.1 Å². The lowest BCUT2D eigenvalue weighted by molar-refractivity contribution is -0.660. The zero-order chi connectivity index (χ0) is 75.8. The van der Waals surface area contributed by atoms with Crippen molar-refractivity contribution in [2.75, 3.05) is 0 Å². The first-order chi connectivity index (χ1) is 53.2. The Hall–Kier alpha value is -13.1. The first kappa shape index (κ1) is 60.5. The predicted octanol–water partition coefficient (Wildman–Crippen LogP) is 23.6. The third-order valence-corrected chi connectivity index (χ3v) is 20.8. The van der Waals surface area contributed by atoms with Crippen molar-refractivity contribution >= 4 is 132 Å². The number of para-hydroxylation sites is 4. The highest BCUT2D eigenvalue weighted by Gasteiger charge is 2.29. The first-order valence-electron chi connectivity index (χ1n) is 37.5. The highest BCUT2D eigenvalue weighted by atomic mass is 16.5. The van der Waals surface area contributed by atoms with Crippen molar-refractivity contribution in [2.45, 2.75) is 54.3 Å². The van der Waals surface area contributed by atoms with E-state index in [1.165, 1.54) is 40.3 Å². The molecule has 0 radical (unpaired) electrons. The fourth-order valence-electron chi connectivity index (χ4n) is 15.4. The van der Waals surface area contributed by atoms with Gasteiger partial charge < -0.3 is 35.3 Å². The zero-order valence-electron chi connectivity index (χ0n) is 64.3. The minimum Gasteiger partial charge on any atom is -0.425 e. The summed E-state index contributed by atoms with van der Waals surface area (Å²) >= 11 is 0. The van der Waals surface area contributed by atoms with Crippen molar-refractivity contribution in [1.29, 1.82) is 0 Å². The van der Waals surface area contributed by atoms with E-state index in [-0.39, 0.29) is 0 Å². The Labute approximate surface area is 615 Å². The van der Waals surface area contributed by atoms with E-state index >= 15 is 0 Å². The Bertz CT molecular complexity index is 7260. The van der Waals surface area contributed by atoms with Crippen LogP contribution in [0.1, 0.15) is 58.5 Å². The number of aryl methyl sites for hydroxylation is 9. The van der Waals surface area contributed by atoms with Gasteiger partial charge in [-0.05, 0) is 115 Å². The molecule has 0 amide bonds. The fourth-order valence-corrected chi connectivity index (χ4v) is 15.4. The van der Waals surface area contributed by atoms with Gasteiger partial charge in [0.05, 0.1) is 43.8 Å². The number of pyridine rings is 4. The van der Waals surface area contributed by atoms with Gasteiger partial charge in [-0.25, -0.2) is 18.3 Å². The van der Waals surface area contributed by atoms with Crippen LogP contribution >= 0.6 is 0 Å². The van der Waals surface area contributed by atoms with Gasteiger partial charge >= 0.3 is 0 Å². The maximum absolute atomic E-state index is 8.51. The normalized spacial score (nSPS) is 13.0. The lowest BCUT2D eigenvalue weighted by Crippen LogP contribution is -2.31. The molecule has 1 atom stereocenters. The summed E-state index contributed by atoms with van der Waals surface area (Å²) in [4.78, 5) is 0. The van der Waals surface area contributed by atoms with Gasteiger partial charge in [-0.3, -0.25) is 0 Å². The van der Waals surface area contributed by atoms with Gasteiger partial charge in [-0.2, -0.15) is 0 Å². The number of hydrogen-bond acceptors (Lipinski definition) is 8. The molecule has 0 bridgehead atoms. The second-order valence-corrected chi connectivity index (χ2v) is 27.7. The van der Waals surface area contributed by atoms with Crippen LogP contribution in [0.2, 0.25) is 0 Å². The molecule has 21 rings (SSSR count). The summed E-state index contributed by atoms with van der Waals surface area (Å²) < 4.78 is 89.0. The molecule has 0 spiro atoms.